The molecule has 0 aliphatic carbocycles. The second kappa shape index (κ2) is 9.45. The van der Waals surface area contributed by atoms with E-state index < -0.39 is 0 Å². The normalized spacial score (nSPS) is 14.4. The zero-order chi connectivity index (χ0) is 21.8. The second-order valence-electron chi connectivity index (χ2n) is 8.15. The molecule has 0 spiro atoms. The summed E-state index contributed by atoms with van der Waals surface area (Å²) in [6, 6.07) is 9.88. The van der Waals surface area contributed by atoms with Crippen LogP contribution in [-0.2, 0) is 16.1 Å². The number of morpholine rings is 1. The minimum absolute atomic E-state index is 0.0308. The predicted molar refractivity (Wildman–Crippen MR) is 122 cm³/mol. The molecule has 0 atom stereocenters. The summed E-state index contributed by atoms with van der Waals surface area (Å²) in [6.45, 7) is 5.85. The van der Waals surface area contributed by atoms with E-state index >= 15 is 0 Å². The maximum Gasteiger partial charge on any atom is 0.224 e. The molecule has 0 saturated carbocycles. The number of benzene rings is 1. The van der Waals surface area contributed by atoms with Crippen LogP contribution in [0.25, 0.3) is 16.9 Å². The molecular formula is C23H30N6O2. The van der Waals surface area contributed by atoms with Crippen LogP contribution in [0.2, 0.25) is 0 Å². The summed E-state index contributed by atoms with van der Waals surface area (Å²) in [5.74, 6) is 1.62. The molecule has 1 fully saturated rings. The first-order valence-corrected chi connectivity index (χ1v) is 10.8. The van der Waals surface area contributed by atoms with Crippen LogP contribution in [0, 0.1) is 0 Å². The van der Waals surface area contributed by atoms with Crippen molar-refractivity contribution in [3.05, 3.63) is 42.1 Å². The molecule has 1 aliphatic rings. The average molecular weight is 423 g/mol. The molecule has 4 rings (SSSR count). The van der Waals surface area contributed by atoms with Gasteiger partial charge in [0.05, 0.1) is 13.2 Å². The highest BCUT2D eigenvalue weighted by Gasteiger charge is 2.19. The summed E-state index contributed by atoms with van der Waals surface area (Å²) in [7, 11) is 4.12. The van der Waals surface area contributed by atoms with Crippen molar-refractivity contribution in [2.24, 2.45) is 0 Å². The van der Waals surface area contributed by atoms with Gasteiger partial charge in [0.25, 0.3) is 0 Å². The van der Waals surface area contributed by atoms with Gasteiger partial charge >= 0.3 is 0 Å². The topological polar surface area (TPSA) is 75.0 Å². The van der Waals surface area contributed by atoms with E-state index in [2.05, 4.69) is 41.5 Å². The monoisotopic (exact) mass is 422 g/mol. The zero-order valence-corrected chi connectivity index (χ0v) is 18.5. The number of nitrogens with one attached hydrogen (secondary N) is 1. The average Bonchev–Trinajstić information content (AvgIpc) is 3.16. The van der Waals surface area contributed by atoms with Crippen molar-refractivity contribution in [2.45, 2.75) is 26.3 Å². The van der Waals surface area contributed by atoms with Gasteiger partial charge in [-0.15, -0.1) is 5.10 Å². The molecule has 31 heavy (non-hydrogen) atoms. The van der Waals surface area contributed by atoms with Gasteiger partial charge in [0, 0.05) is 43.5 Å². The summed E-state index contributed by atoms with van der Waals surface area (Å²) < 4.78 is 7.47. The van der Waals surface area contributed by atoms with Gasteiger partial charge in [-0.25, -0.2) is 9.50 Å². The van der Waals surface area contributed by atoms with Gasteiger partial charge in [-0.3, -0.25) is 4.79 Å². The van der Waals surface area contributed by atoms with E-state index in [4.69, 9.17) is 14.8 Å². The number of ether oxygens (including phenoxy) is 1. The van der Waals surface area contributed by atoms with Crippen molar-refractivity contribution in [3.63, 3.8) is 0 Å². The Hall–Kier alpha value is -2.97. The molecule has 1 N–H and O–H groups in total. The van der Waals surface area contributed by atoms with Crippen LogP contribution in [0.1, 0.15) is 25.3 Å². The van der Waals surface area contributed by atoms with Gasteiger partial charge in [0.2, 0.25) is 5.91 Å². The van der Waals surface area contributed by atoms with Crippen LogP contribution in [0.5, 0.6) is 0 Å². The Kier molecular flexibility index (Phi) is 6.48. The molecule has 1 aromatic carbocycles. The Bertz CT molecular complexity index is 1040. The molecule has 2 aromatic heterocycles. The molecule has 0 bridgehead atoms. The minimum atomic E-state index is 0.0308. The maximum absolute atomic E-state index is 11.9. The Morgan fingerprint density at radius 1 is 1.19 bits per heavy atom. The molecule has 8 heteroatoms. The summed E-state index contributed by atoms with van der Waals surface area (Å²) in [6.07, 6.45) is 3.42. The van der Waals surface area contributed by atoms with Crippen LogP contribution in [0.4, 0.5) is 11.5 Å². The Balaban J connectivity index is 1.69. The fraction of sp³-hybridized carbons (Fsp3) is 0.435. The van der Waals surface area contributed by atoms with Crippen molar-refractivity contribution in [3.8, 4) is 11.4 Å². The highest BCUT2D eigenvalue weighted by molar-refractivity contribution is 5.90. The first-order valence-electron chi connectivity index (χ1n) is 10.8. The van der Waals surface area contributed by atoms with Gasteiger partial charge in [-0.05, 0) is 56.4 Å². The number of carbonyl (C=O) groups is 1. The molecular weight excluding hydrogens is 392 g/mol. The standard InChI is InChI=1S/C23H30N6O2/c1-4-5-21(30)24-19-8-6-18(7-9-19)22-25-23(28-10-12-31-13-11-28)20-14-17(15-27(2)3)16-29(20)26-22/h6-9,14,16H,4-5,10-13,15H2,1-3H3,(H,24,30). The Morgan fingerprint density at radius 2 is 1.94 bits per heavy atom. The van der Waals surface area contributed by atoms with Crippen molar-refractivity contribution >= 4 is 22.9 Å². The van der Waals surface area contributed by atoms with E-state index in [1.807, 2.05) is 35.7 Å². The summed E-state index contributed by atoms with van der Waals surface area (Å²) in [5, 5.41) is 7.71. The summed E-state index contributed by atoms with van der Waals surface area (Å²) in [5.41, 5.74) is 3.89. The smallest absolute Gasteiger partial charge is 0.224 e. The summed E-state index contributed by atoms with van der Waals surface area (Å²) in [4.78, 5) is 21.2. The summed E-state index contributed by atoms with van der Waals surface area (Å²) >= 11 is 0. The molecule has 8 nitrogen and oxygen atoms in total. The van der Waals surface area contributed by atoms with Gasteiger partial charge in [0.1, 0.15) is 5.52 Å². The molecule has 0 unspecified atom stereocenters. The van der Waals surface area contributed by atoms with Crippen molar-refractivity contribution in [1.82, 2.24) is 19.5 Å². The molecule has 3 heterocycles. The van der Waals surface area contributed by atoms with E-state index in [9.17, 15) is 4.79 Å². The van der Waals surface area contributed by atoms with Gasteiger partial charge in [-0.2, -0.15) is 0 Å². The number of nitrogens with zero attached hydrogens (tertiary/aromatic N) is 5. The molecule has 1 amide bonds. The molecule has 0 radical (unpaired) electrons. The minimum Gasteiger partial charge on any atom is -0.378 e. The molecule has 3 aromatic rings. The quantitative estimate of drug-likeness (QED) is 0.631. The lowest BCUT2D eigenvalue weighted by Gasteiger charge is -2.28. The van der Waals surface area contributed by atoms with Crippen molar-refractivity contribution < 1.29 is 9.53 Å². The van der Waals surface area contributed by atoms with E-state index in [0.717, 1.165) is 48.6 Å². The van der Waals surface area contributed by atoms with Crippen molar-refractivity contribution in [1.29, 1.82) is 0 Å². The van der Waals surface area contributed by atoms with Crippen molar-refractivity contribution in [2.75, 3.05) is 50.6 Å². The number of hydrogen-bond acceptors (Lipinski definition) is 6. The van der Waals surface area contributed by atoms with Crippen LogP contribution < -0.4 is 10.2 Å². The molecule has 1 saturated heterocycles. The predicted octanol–water partition coefficient (Wildman–Crippen LogP) is 3.03. The third kappa shape index (κ3) is 5.03. The van der Waals surface area contributed by atoms with E-state index in [1.54, 1.807) is 0 Å². The lowest BCUT2D eigenvalue weighted by Crippen LogP contribution is -2.37. The maximum atomic E-state index is 11.9. The van der Waals surface area contributed by atoms with Gasteiger partial charge in [0.15, 0.2) is 11.6 Å². The molecule has 1 aliphatic heterocycles. The number of aromatic nitrogens is 3. The Labute approximate surface area is 182 Å². The number of anilines is 2. The van der Waals surface area contributed by atoms with Crippen LogP contribution in [-0.4, -0.2) is 65.8 Å². The third-order valence-electron chi connectivity index (χ3n) is 5.21. The lowest BCUT2D eigenvalue weighted by molar-refractivity contribution is -0.116. The SMILES string of the molecule is CCCC(=O)Nc1ccc(-c2nc(N3CCOCC3)c3cc(CN(C)C)cn3n2)cc1. The van der Waals surface area contributed by atoms with Gasteiger partial charge in [-0.1, -0.05) is 6.92 Å². The lowest BCUT2D eigenvalue weighted by atomic mass is 10.2. The number of fused-ring (bicyclic) bond motifs is 1. The van der Waals surface area contributed by atoms with E-state index in [0.29, 0.717) is 25.5 Å². The number of amides is 1. The first-order chi connectivity index (χ1) is 15.0. The zero-order valence-electron chi connectivity index (χ0n) is 18.5. The molecule has 164 valence electrons. The fourth-order valence-corrected chi connectivity index (χ4v) is 3.77. The van der Waals surface area contributed by atoms with Crippen LogP contribution in [0.15, 0.2) is 36.5 Å². The van der Waals surface area contributed by atoms with E-state index in [-0.39, 0.29) is 5.91 Å². The largest absolute Gasteiger partial charge is 0.378 e. The second-order valence-corrected chi connectivity index (χ2v) is 8.15. The highest BCUT2D eigenvalue weighted by Crippen LogP contribution is 2.27. The van der Waals surface area contributed by atoms with Crippen LogP contribution >= 0.6 is 0 Å². The Morgan fingerprint density at radius 3 is 2.61 bits per heavy atom. The van der Waals surface area contributed by atoms with Gasteiger partial charge < -0.3 is 19.9 Å². The van der Waals surface area contributed by atoms with Crippen LogP contribution in [0.3, 0.4) is 0 Å². The number of rotatable bonds is 7. The highest BCUT2D eigenvalue weighted by atomic mass is 16.5. The fourth-order valence-electron chi connectivity index (χ4n) is 3.77. The van der Waals surface area contributed by atoms with E-state index in [1.165, 1.54) is 5.56 Å². The number of carbonyl (C=O) groups excluding carboxylic acids is 1. The third-order valence-corrected chi connectivity index (χ3v) is 5.21. The number of hydrogen-bond donors (Lipinski definition) is 1. The first kappa shape index (κ1) is 21.3.